The van der Waals surface area contributed by atoms with Gasteiger partial charge in [-0.15, -0.1) is 0 Å². The van der Waals surface area contributed by atoms with Gasteiger partial charge in [0.15, 0.2) is 11.6 Å². The van der Waals surface area contributed by atoms with Crippen LogP contribution in [0.3, 0.4) is 0 Å². The summed E-state index contributed by atoms with van der Waals surface area (Å²) in [5, 5.41) is 0. The average molecular weight is 283 g/mol. The topological polar surface area (TPSA) is 26.0 Å². The molecule has 0 radical (unpaired) electrons. The Morgan fingerprint density at radius 2 is 1.74 bits per heavy atom. The lowest BCUT2D eigenvalue weighted by Crippen LogP contribution is -2.08. The van der Waals surface area contributed by atoms with Crippen molar-refractivity contribution in [2.24, 2.45) is 5.73 Å². The summed E-state index contributed by atoms with van der Waals surface area (Å²) in [7, 11) is 0. The molecule has 0 unspecified atom stereocenters. The van der Waals surface area contributed by atoms with Crippen molar-refractivity contribution >= 4 is 11.8 Å². The van der Waals surface area contributed by atoms with Gasteiger partial charge >= 0.3 is 0 Å². The molecule has 0 bridgehead atoms. The molecule has 0 aliphatic heterocycles. The smallest absolute Gasteiger partial charge is 0.159 e. The zero-order chi connectivity index (χ0) is 14.0. The standard InChI is InChI=1S/C14H12F3NS/c1-8(18)14-11(16)3-2-4-13(14)19-9-5-6-10(15)12(17)7-9/h2-8H,18H2,1H3/t8-/m1/s1. The predicted molar refractivity (Wildman–Crippen MR) is 69.5 cm³/mol. The van der Waals surface area contributed by atoms with Gasteiger partial charge in [-0.1, -0.05) is 17.8 Å². The normalized spacial score (nSPS) is 12.5. The third-order valence-corrected chi connectivity index (χ3v) is 3.65. The van der Waals surface area contributed by atoms with E-state index in [0.29, 0.717) is 15.4 Å². The molecular weight excluding hydrogens is 271 g/mol. The Hall–Kier alpha value is -1.46. The van der Waals surface area contributed by atoms with Crippen LogP contribution in [0.5, 0.6) is 0 Å². The molecule has 0 spiro atoms. The van der Waals surface area contributed by atoms with Crippen LogP contribution in [0.15, 0.2) is 46.2 Å². The minimum Gasteiger partial charge on any atom is -0.324 e. The summed E-state index contributed by atoms with van der Waals surface area (Å²) in [6.45, 7) is 1.67. The number of hydrogen-bond donors (Lipinski definition) is 1. The monoisotopic (exact) mass is 283 g/mol. The molecular formula is C14H12F3NS. The van der Waals surface area contributed by atoms with Crippen LogP contribution in [0.1, 0.15) is 18.5 Å². The first-order valence-electron chi connectivity index (χ1n) is 5.66. The molecule has 2 aromatic rings. The van der Waals surface area contributed by atoms with E-state index in [2.05, 4.69) is 0 Å². The molecule has 19 heavy (non-hydrogen) atoms. The van der Waals surface area contributed by atoms with Crippen molar-refractivity contribution in [3.05, 3.63) is 59.4 Å². The minimum atomic E-state index is -0.927. The SMILES string of the molecule is C[C@@H](N)c1c(F)cccc1Sc1ccc(F)c(F)c1. The Balaban J connectivity index is 2.38. The van der Waals surface area contributed by atoms with Crippen LogP contribution < -0.4 is 5.73 Å². The maximum absolute atomic E-state index is 13.7. The maximum atomic E-state index is 13.7. The molecule has 5 heteroatoms. The summed E-state index contributed by atoms with van der Waals surface area (Å²) in [5.74, 6) is -2.23. The molecule has 2 rings (SSSR count). The van der Waals surface area contributed by atoms with E-state index in [1.165, 1.54) is 12.1 Å². The Morgan fingerprint density at radius 3 is 2.37 bits per heavy atom. The van der Waals surface area contributed by atoms with E-state index in [9.17, 15) is 13.2 Å². The lowest BCUT2D eigenvalue weighted by atomic mass is 10.1. The van der Waals surface area contributed by atoms with Crippen LogP contribution in [0.2, 0.25) is 0 Å². The molecule has 2 N–H and O–H groups in total. The van der Waals surface area contributed by atoms with Gasteiger partial charge in [-0.05, 0) is 37.3 Å². The molecule has 2 aromatic carbocycles. The summed E-state index contributed by atoms with van der Waals surface area (Å²) >= 11 is 1.15. The zero-order valence-corrected chi connectivity index (χ0v) is 11.0. The van der Waals surface area contributed by atoms with E-state index in [4.69, 9.17) is 5.73 Å². The van der Waals surface area contributed by atoms with Crippen LogP contribution in [0.25, 0.3) is 0 Å². The number of rotatable bonds is 3. The van der Waals surface area contributed by atoms with Crippen LogP contribution in [-0.2, 0) is 0 Å². The molecule has 0 amide bonds. The molecule has 0 aliphatic rings. The number of hydrogen-bond acceptors (Lipinski definition) is 2. The highest BCUT2D eigenvalue weighted by Gasteiger charge is 2.14. The van der Waals surface area contributed by atoms with E-state index in [-0.39, 0.29) is 0 Å². The first-order valence-corrected chi connectivity index (χ1v) is 6.47. The Morgan fingerprint density at radius 1 is 1.00 bits per heavy atom. The molecule has 0 saturated heterocycles. The highest BCUT2D eigenvalue weighted by atomic mass is 32.2. The van der Waals surface area contributed by atoms with E-state index < -0.39 is 23.5 Å². The van der Waals surface area contributed by atoms with E-state index in [0.717, 1.165) is 23.9 Å². The fourth-order valence-electron chi connectivity index (χ4n) is 1.72. The van der Waals surface area contributed by atoms with Crippen LogP contribution >= 0.6 is 11.8 Å². The van der Waals surface area contributed by atoms with Gasteiger partial charge in [0.2, 0.25) is 0 Å². The molecule has 0 aromatic heterocycles. The fraction of sp³-hybridized carbons (Fsp3) is 0.143. The molecule has 0 saturated carbocycles. The van der Waals surface area contributed by atoms with Crippen LogP contribution in [0.4, 0.5) is 13.2 Å². The molecule has 0 fully saturated rings. The van der Waals surface area contributed by atoms with Crippen molar-refractivity contribution in [2.75, 3.05) is 0 Å². The first-order chi connectivity index (χ1) is 8.99. The van der Waals surface area contributed by atoms with Gasteiger partial charge in [0.05, 0.1) is 0 Å². The number of nitrogens with two attached hydrogens (primary N) is 1. The number of benzene rings is 2. The summed E-state index contributed by atoms with van der Waals surface area (Å²) in [6.07, 6.45) is 0. The van der Waals surface area contributed by atoms with E-state index >= 15 is 0 Å². The highest BCUT2D eigenvalue weighted by molar-refractivity contribution is 7.99. The van der Waals surface area contributed by atoms with Gasteiger partial charge < -0.3 is 5.73 Å². The molecule has 100 valence electrons. The van der Waals surface area contributed by atoms with Crippen molar-refractivity contribution in [1.29, 1.82) is 0 Å². The summed E-state index contributed by atoms with van der Waals surface area (Å²) in [6, 6.07) is 7.68. The zero-order valence-electron chi connectivity index (χ0n) is 10.2. The van der Waals surface area contributed by atoms with E-state index in [1.54, 1.807) is 19.1 Å². The highest BCUT2D eigenvalue weighted by Crippen LogP contribution is 2.34. The van der Waals surface area contributed by atoms with Crippen molar-refractivity contribution in [3.63, 3.8) is 0 Å². The molecule has 1 atom stereocenters. The number of halogens is 3. The second-order valence-electron chi connectivity index (χ2n) is 4.12. The van der Waals surface area contributed by atoms with Crippen LogP contribution in [0, 0.1) is 17.5 Å². The van der Waals surface area contributed by atoms with E-state index in [1.807, 2.05) is 0 Å². The maximum Gasteiger partial charge on any atom is 0.159 e. The van der Waals surface area contributed by atoms with Crippen molar-refractivity contribution < 1.29 is 13.2 Å². The Bertz CT molecular complexity index is 599. The summed E-state index contributed by atoms with van der Waals surface area (Å²) in [5.41, 5.74) is 6.11. The van der Waals surface area contributed by atoms with Gasteiger partial charge in [0.25, 0.3) is 0 Å². The summed E-state index contributed by atoms with van der Waals surface area (Å²) < 4.78 is 39.7. The van der Waals surface area contributed by atoms with Gasteiger partial charge in [-0.25, -0.2) is 13.2 Å². The summed E-state index contributed by atoms with van der Waals surface area (Å²) in [4.78, 5) is 1.09. The predicted octanol–water partition coefficient (Wildman–Crippen LogP) is 4.27. The Labute approximate surface area is 113 Å². The van der Waals surface area contributed by atoms with Gasteiger partial charge in [0, 0.05) is 21.4 Å². The van der Waals surface area contributed by atoms with Crippen molar-refractivity contribution in [1.82, 2.24) is 0 Å². The lowest BCUT2D eigenvalue weighted by molar-refractivity contribution is 0.506. The molecule has 1 nitrogen and oxygen atoms in total. The third kappa shape index (κ3) is 3.11. The first kappa shape index (κ1) is 14.0. The largest absolute Gasteiger partial charge is 0.324 e. The van der Waals surface area contributed by atoms with Gasteiger partial charge in [-0.3, -0.25) is 0 Å². The van der Waals surface area contributed by atoms with Gasteiger partial charge in [0.1, 0.15) is 5.82 Å². The molecule has 0 heterocycles. The second-order valence-corrected chi connectivity index (χ2v) is 5.23. The second kappa shape index (κ2) is 5.67. The minimum absolute atomic E-state index is 0.372. The van der Waals surface area contributed by atoms with Crippen molar-refractivity contribution in [3.8, 4) is 0 Å². The lowest BCUT2D eigenvalue weighted by Gasteiger charge is -2.13. The quantitative estimate of drug-likeness (QED) is 0.910. The third-order valence-electron chi connectivity index (χ3n) is 2.59. The molecule has 0 aliphatic carbocycles. The fourth-order valence-corrected chi connectivity index (χ4v) is 2.81. The van der Waals surface area contributed by atoms with Crippen LogP contribution in [-0.4, -0.2) is 0 Å². The average Bonchev–Trinajstić information content (AvgIpc) is 2.33. The Kier molecular flexibility index (Phi) is 4.17. The van der Waals surface area contributed by atoms with Gasteiger partial charge in [-0.2, -0.15) is 0 Å². The van der Waals surface area contributed by atoms with Crippen molar-refractivity contribution in [2.45, 2.75) is 22.8 Å².